The van der Waals surface area contributed by atoms with Crippen LogP contribution in [-0.2, 0) is 4.79 Å². The van der Waals surface area contributed by atoms with Crippen LogP contribution in [0.25, 0.3) is 11.3 Å². The molecule has 0 spiro atoms. The van der Waals surface area contributed by atoms with Gasteiger partial charge in [-0.05, 0) is 66.8 Å². The molecule has 3 heterocycles. The highest BCUT2D eigenvalue weighted by Crippen LogP contribution is 2.40. The number of carbonyl (C=O) groups excluding carboxylic acids is 1. The summed E-state index contributed by atoms with van der Waals surface area (Å²) in [6.07, 6.45) is 1.73. The molecule has 2 N–H and O–H groups in total. The average molecular weight is 523 g/mol. The molecule has 0 aliphatic carbocycles. The second-order valence-electron chi connectivity index (χ2n) is 8.00. The third-order valence-corrected chi connectivity index (χ3v) is 6.78. The second-order valence-corrected chi connectivity index (χ2v) is 9.20. The molecule has 1 saturated heterocycles. The van der Waals surface area contributed by atoms with Crippen molar-refractivity contribution in [1.29, 1.82) is 0 Å². The van der Waals surface area contributed by atoms with E-state index in [0.29, 0.717) is 32.4 Å². The number of furan rings is 1. The molecule has 35 heavy (non-hydrogen) atoms. The molecule has 2 atom stereocenters. The van der Waals surface area contributed by atoms with Crippen LogP contribution in [0, 0.1) is 0 Å². The van der Waals surface area contributed by atoms with E-state index < -0.39 is 6.04 Å². The molecule has 9 heteroatoms. The van der Waals surface area contributed by atoms with Crippen LogP contribution in [0.4, 0.5) is 5.69 Å². The van der Waals surface area contributed by atoms with E-state index in [-0.39, 0.29) is 18.5 Å². The predicted molar refractivity (Wildman–Crippen MR) is 141 cm³/mol. The summed E-state index contributed by atoms with van der Waals surface area (Å²) in [6.45, 7) is 0.0392. The molecule has 1 aliphatic rings. The summed E-state index contributed by atoms with van der Waals surface area (Å²) in [5.74, 6) is 1.08. The lowest BCUT2D eigenvalue weighted by Gasteiger charge is -2.25. The van der Waals surface area contributed by atoms with E-state index in [9.17, 15) is 4.79 Å². The SMILES string of the molecule is O=C(CN1C(=S)N[C@@H](c2ccccn2)[C@@H]1c1ccc(-c2ccc(Cl)c(Cl)c2)o1)Nc1ccccc1. The number of hydrogen-bond donors (Lipinski definition) is 2. The number of pyridine rings is 1. The van der Waals surface area contributed by atoms with Gasteiger partial charge in [0.25, 0.3) is 0 Å². The number of aromatic nitrogens is 1. The molecule has 1 amide bonds. The highest BCUT2D eigenvalue weighted by Gasteiger charge is 2.42. The van der Waals surface area contributed by atoms with Gasteiger partial charge in [0.1, 0.15) is 24.1 Å². The first kappa shape index (κ1) is 23.4. The number of para-hydroxylation sites is 1. The van der Waals surface area contributed by atoms with Gasteiger partial charge in [-0.25, -0.2) is 0 Å². The number of amides is 1. The molecule has 2 aromatic heterocycles. The van der Waals surface area contributed by atoms with Crippen LogP contribution in [-0.4, -0.2) is 27.4 Å². The topological polar surface area (TPSA) is 70.4 Å². The Balaban J connectivity index is 1.47. The standard InChI is InChI=1S/C26H20Cl2N4O2S/c27-18-10-9-16(14-19(18)28)21-11-12-22(34-21)25-24(20-8-4-5-13-29-20)31-26(35)32(25)15-23(33)30-17-6-2-1-3-7-17/h1-14,24-25H,15H2,(H,30,33)(H,31,35)/t24-,25-/m0/s1. The van der Waals surface area contributed by atoms with Crippen LogP contribution in [0.1, 0.15) is 23.5 Å². The average Bonchev–Trinajstić information content (AvgIpc) is 3.47. The fraction of sp³-hybridized carbons (Fsp3) is 0.115. The van der Waals surface area contributed by atoms with E-state index >= 15 is 0 Å². The highest BCUT2D eigenvalue weighted by atomic mass is 35.5. The van der Waals surface area contributed by atoms with Gasteiger partial charge in [-0.1, -0.05) is 47.5 Å². The molecular weight excluding hydrogens is 503 g/mol. The summed E-state index contributed by atoms with van der Waals surface area (Å²) in [5.41, 5.74) is 2.30. The van der Waals surface area contributed by atoms with Gasteiger partial charge in [0, 0.05) is 17.4 Å². The van der Waals surface area contributed by atoms with Crippen LogP contribution in [0.15, 0.2) is 89.5 Å². The molecule has 2 aromatic carbocycles. The Morgan fingerprint density at radius 1 is 1.03 bits per heavy atom. The Labute approximate surface area is 217 Å². The zero-order valence-electron chi connectivity index (χ0n) is 18.3. The molecule has 1 aliphatic heterocycles. The second kappa shape index (κ2) is 10.1. The molecule has 4 aromatic rings. The number of carbonyl (C=O) groups is 1. The Morgan fingerprint density at radius 2 is 1.83 bits per heavy atom. The lowest BCUT2D eigenvalue weighted by Crippen LogP contribution is -2.36. The molecule has 5 rings (SSSR count). The number of benzene rings is 2. The number of halogens is 2. The van der Waals surface area contributed by atoms with Crippen LogP contribution in [0.5, 0.6) is 0 Å². The zero-order valence-corrected chi connectivity index (χ0v) is 20.6. The van der Waals surface area contributed by atoms with Crippen molar-refractivity contribution < 1.29 is 9.21 Å². The predicted octanol–water partition coefficient (Wildman–Crippen LogP) is 6.26. The monoisotopic (exact) mass is 522 g/mol. The van der Waals surface area contributed by atoms with E-state index in [4.69, 9.17) is 39.8 Å². The summed E-state index contributed by atoms with van der Waals surface area (Å²) in [4.78, 5) is 19.3. The van der Waals surface area contributed by atoms with Gasteiger partial charge in [0.15, 0.2) is 5.11 Å². The van der Waals surface area contributed by atoms with E-state index in [1.54, 1.807) is 18.3 Å². The fourth-order valence-corrected chi connectivity index (χ4v) is 4.68. The smallest absolute Gasteiger partial charge is 0.244 e. The maximum Gasteiger partial charge on any atom is 0.244 e. The van der Waals surface area contributed by atoms with Crippen LogP contribution in [0.3, 0.4) is 0 Å². The van der Waals surface area contributed by atoms with Gasteiger partial charge in [-0.2, -0.15) is 0 Å². The minimum Gasteiger partial charge on any atom is -0.459 e. The van der Waals surface area contributed by atoms with Crippen molar-refractivity contribution in [2.24, 2.45) is 0 Å². The third-order valence-electron chi connectivity index (χ3n) is 5.69. The van der Waals surface area contributed by atoms with Crippen molar-refractivity contribution in [1.82, 2.24) is 15.2 Å². The van der Waals surface area contributed by atoms with E-state index in [1.165, 1.54) is 0 Å². The molecule has 176 valence electrons. The van der Waals surface area contributed by atoms with Crippen molar-refractivity contribution in [3.63, 3.8) is 0 Å². The number of rotatable bonds is 6. The number of nitrogens with one attached hydrogen (secondary N) is 2. The minimum absolute atomic E-state index is 0.0392. The number of nitrogens with zero attached hydrogens (tertiary/aromatic N) is 2. The van der Waals surface area contributed by atoms with Gasteiger partial charge in [0.05, 0.1) is 21.8 Å². The van der Waals surface area contributed by atoms with E-state index in [1.807, 2.05) is 71.6 Å². The largest absolute Gasteiger partial charge is 0.459 e. The summed E-state index contributed by atoms with van der Waals surface area (Å²) >= 11 is 17.9. The Bertz CT molecular complexity index is 1360. The van der Waals surface area contributed by atoms with Crippen molar-refractivity contribution >= 4 is 52.1 Å². The summed E-state index contributed by atoms with van der Waals surface area (Å²) < 4.78 is 6.28. The maximum atomic E-state index is 12.9. The molecule has 0 bridgehead atoms. The number of anilines is 1. The van der Waals surface area contributed by atoms with Crippen molar-refractivity contribution in [3.05, 3.63) is 107 Å². The lowest BCUT2D eigenvalue weighted by molar-refractivity contribution is -0.116. The molecule has 0 unspecified atom stereocenters. The van der Waals surface area contributed by atoms with Gasteiger partial charge in [0.2, 0.25) is 5.91 Å². The third kappa shape index (κ3) is 5.03. The number of hydrogen-bond acceptors (Lipinski definition) is 4. The van der Waals surface area contributed by atoms with Crippen LogP contribution < -0.4 is 10.6 Å². The lowest BCUT2D eigenvalue weighted by atomic mass is 10.0. The first-order chi connectivity index (χ1) is 17.0. The van der Waals surface area contributed by atoms with Gasteiger partial charge in [-0.3, -0.25) is 9.78 Å². The fourth-order valence-electron chi connectivity index (χ4n) is 4.08. The van der Waals surface area contributed by atoms with E-state index in [2.05, 4.69) is 15.6 Å². The molecular formula is C26H20Cl2N4O2S. The van der Waals surface area contributed by atoms with Crippen molar-refractivity contribution in [2.75, 3.05) is 11.9 Å². The Kier molecular flexibility index (Phi) is 6.72. The zero-order chi connectivity index (χ0) is 24.4. The maximum absolute atomic E-state index is 12.9. The first-order valence-electron chi connectivity index (χ1n) is 10.9. The van der Waals surface area contributed by atoms with E-state index in [0.717, 1.165) is 11.3 Å². The van der Waals surface area contributed by atoms with Gasteiger partial charge < -0.3 is 20.0 Å². The minimum atomic E-state index is -0.393. The van der Waals surface area contributed by atoms with Crippen molar-refractivity contribution in [2.45, 2.75) is 12.1 Å². The molecule has 6 nitrogen and oxygen atoms in total. The van der Waals surface area contributed by atoms with Crippen molar-refractivity contribution in [3.8, 4) is 11.3 Å². The normalized spacial score (nSPS) is 17.3. The summed E-state index contributed by atoms with van der Waals surface area (Å²) in [5, 5.41) is 7.59. The Morgan fingerprint density at radius 3 is 2.57 bits per heavy atom. The van der Waals surface area contributed by atoms with Crippen LogP contribution >= 0.6 is 35.4 Å². The van der Waals surface area contributed by atoms with Gasteiger partial charge >= 0.3 is 0 Å². The first-order valence-corrected chi connectivity index (χ1v) is 12.0. The molecule has 0 radical (unpaired) electrons. The van der Waals surface area contributed by atoms with Crippen LogP contribution in [0.2, 0.25) is 10.0 Å². The summed E-state index contributed by atoms with van der Waals surface area (Å²) in [7, 11) is 0. The molecule has 0 saturated carbocycles. The van der Waals surface area contributed by atoms with Gasteiger partial charge in [-0.15, -0.1) is 0 Å². The Hall–Kier alpha value is -3.39. The highest BCUT2D eigenvalue weighted by molar-refractivity contribution is 7.80. The quantitative estimate of drug-likeness (QED) is 0.291. The number of thiocarbonyl (C=S) groups is 1. The molecule has 1 fully saturated rings. The summed E-state index contributed by atoms with van der Waals surface area (Å²) in [6, 6.07) is 23.4.